The van der Waals surface area contributed by atoms with Crippen LogP contribution in [0.25, 0.3) is 0 Å². The Morgan fingerprint density at radius 2 is 2.50 bits per heavy atom. The normalized spacial score (nSPS) is 15.0. The largest absolute Gasteiger partial charge is 0.329 e. The first-order chi connectivity index (χ1) is 4.97. The van der Waals surface area contributed by atoms with Crippen molar-refractivity contribution < 1.29 is 0 Å². The molecule has 0 bridgehead atoms. The molecule has 0 atom stereocenters. The molecule has 2 heterocycles. The van der Waals surface area contributed by atoms with E-state index in [0.717, 1.165) is 12.4 Å². The van der Waals surface area contributed by atoms with E-state index in [4.69, 9.17) is 0 Å². The van der Waals surface area contributed by atoms with Gasteiger partial charge in [0.05, 0.1) is 0 Å². The molecule has 1 aliphatic rings. The van der Waals surface area contributed by atoms with E-state index in [0.29, 0.717) is 0 Å². The lowest BCUT2D eigenvalue weighted by Gasteiger charge is -2.23. The Bertz CT molecular complexity index is 241. The number of rotatable bonds is 1. The lowest BCUT2D eigenvalue weighted by Crippen LogP contribution is -2.24. The van der Waals surface area contributed by atoms with Gasteiger partial charge in [-0.3, -0.25) is 0 Å². The van der Waals surface area contributed by atoms with E-state index < -0.39 is 0 Å². The first-order valence-corrected chi connectivity index (χ1v) is 3.22. The summed E-state index contributed by atoms with van der Waals surface area (Å²) in [6.45, 7) is 0.983. The molecule has 49 valence electrons. The van der Waals surface area contributed by atoms with Gasteiger partial charge in [0.1, 0.15) is 5.82 Å². The highest BCUT2D eigenvalue weighted by Gasteiger charge is 2.06. The van der Waals surface area contributed by atoms with Crippen molar-refractivity contribution in [2.75, 3.05) is 11.4 Å². The third-order valence-corrected chi connectivity index (χ3v) is 1.48. The first-order valence-electron chi connectivity index (χ1n) is 3.22. The highest BCUT2D eigenvalue weighted by atomic mass is 15.2. The minimum absolute atomic E-state index is 0.983. The number of hydrogen-bond acceptors (Lipinski definition) is 2. The summed E-state index contributed by atoms with van der Waals surface area (Å²) in [6.07, 6.45) is 5.79. The van der Waals surface area contributed by atoms with Crippen LogP contribution < -0.4 is 4.90 Å². The number of nitrogens with zero attached hydrogens (tertiary/aromatic N) is 2. The van der Waals surface area contributed by atoms with Crippen LogP contribution in [0.5, 0.6) is 0 Å². The first kappa shape index (κ1) is 5.47. The average Bonchev–Trinajstić information content (AvgIpc) is 1.86. The van der Waals surface area contributed by atoms with Gasteiger partial charge in [-0.2, -0.15) is 0 Å². The van der Waals surface area contributed by atoms with Crippen LogP contribution in [0.2, 0.25) is 0 Å². The fourth-order valence-corrected chi connectivity index (χ4v) is 0.863. The third-order valence-electron chi connectivity index (χ3n) is 1.48. The van der Waals surface area contributed by atoms with Crippen LogP contribution in [0.3, 0.4) is 0 Å². The summed E-state index contributed by atoms with van der Waals surface area (Å²) < 4.78 is 0. The standard InChI is InChI=1S/C8H7N2/c1-2-5-9-8(4-1)10-6-3-7-10/h1,3-6H,7H2. The van der Waals surface area contributed by atoms with Gasteiger partial charge in [0, 0.05) is 25.0 Å². The lowest BCUT2D eigenvalue weighted by atomic mass is 10.3. The molecule has 2 nitrogen and oxygen atoms in total. The number of anilines is 1. The highest BCUT2D eigenvalue weighted by molar-refractivity contribution is 5.46. The van der Waals surface area contributed by atoms with E-state index in [1.807, 2.05) is 18.3 Å². The maximum Gasteiger partial charge on any atom is 0.132 e. The molecule has 1 radical (unpaired) electrons. The Balaban J connectivity index is 2.26. The fraction of sp³-hybridized carbons (Fsp3) is 0.125. The summed E-state index contributed by atoms with van der Waals surface area (Å²) in [5, 5.41) is 0. The van der Waals surface area contributed by atoms with Gasteiger partial charge in [0.25, 0.3) is 0 Å². The zero-order valence-corrected chi connectivity index (χ0v) is 5.49. The summed E-state index contributed by atoms with van der Waals surface area (Å²) in [7, 11) is 0. The molecule has 0 unspecified atom stereocenters. The van der Waals surface area contributed by atoms with E-state index in [1.54, 1.807) is 6.20 Å². The van der Waals surface area contributed by atoms with Crippen LogP contribution in [0, 0.1) is 6.07 Å². The molecule has 0 saturated heterocycles. The van der Waals surface area contributed by atoms with Crippen molar-refractivity contribution in [3.63, 3.8) is 0 Å². The second-order valence-corrected chi connectivity index (χ2v) is 2.15. The molecular weight excluding hydrogens is 124 g/mol. The van der Waals surface area contributed by atoms with E-state index in [1.165, 1.54) is 0 Å². The molecule has 1 aromatic rings. The lowest BCUT2D eigenvalue weighted by molar-refractivity contribution is 0.972. The molecule has 1 aliphatic heterocycles. The van der Waals surface area contributed by atoms with Crippen LogP contribution in [0.4, 0.5) is 5.82 Å². The second-order valence-electron chi connectivity index (χ2n) is 2.15. The zero-order valence-electron chi connectivity index (χ0n) is 5.49. The second kappa shape index (κ2) is 2.14. The summed E-state index contributed by atoms with van der Waals surface area (Å²) in [5.41, 5.74) is 0. The Kier molecular flexibility index (Phi) is 1.17. The Hall–Kier alpha value is -1.31. The predicted octanol–water partition coefficient (Wildman–Crippen LogP) is 1.22. The molecule has 0 aliphatic carbocycles. The predicted molar refractivity (Wildman–Crippen MR) is 39.6 cm³/mol. The average molecular weight is 131 g/mol. The summed E-state index contributed by atoms with van der Waals surface area (Å²) in [6, 6.07) is 6.69. The van der Waals surface area contributed by atoms with Gasteiger partial charge >= 0.3 is 0 Å². The number of aromatic nitrogens is 1. The topological polar surface area (TPSA) is 16.1 Å². The van der Waals surface area contributed by atoms with E-state index >= 15 is 0 Å². The molecule has 0 spiro atoms. The Labute approximate surface area is 59.8 Å². The highest BCUT2D eigenvalue weighted by Crippen LogP contribution is 2.13. The maximum absolute atomic E-state index is 4.12. The van der Waals surface area contributed by atoms with Crippen molar-refractivity contribution in [2.24, 2.45) is 0 Å². The van der Waals surface area contributed by atoms with Crippen molar-refractivity contribution in [3.8, 4) is 0 Å². The summed E-state index contributed by atoms with van der Waals surface area (Å²) >= 11 is 0. The van der Waals surface area contributed by atoms with Gasteiger partial charge < -0.3 is 4.90 Å². The van der Waals surface area contributed by atoms with E-state index in [2.05, 4.69) is 22.0 Å². The molecule has 2 rings (SSSR count). The molecular formula is C8H7N2. The quantitative estimate of drug-likeness (QED) is 0.569. The Morgan fingerprint density at radius 3 is 3.00 bits per heavy atom. The molecule has 0 amide bonds. The monoisotopic (exact) mass is 131 g/mol. The van der Waals surface area contributed by atoms with Gasteiger partial charge in [-0.25, -0.2) is 4.98 Å². The third kappa shape index (κ3) is 0.778. The van der Waals surface area contributed by atoms with Crippen molar-refractivity contribution in [2.45, 2.75) is 0 Å². The molecule has 0 aromatic carbocycles. The van der Waals surface area contributed by atoms with E-state index in [9.17, 15) is 0 Å². The zero-order chi connectivity index (χ0) is 6.81. The van der Waals surface area contributed by atoms with Crippen LogP contribution >= 0.6 is 0 Å². The summed E-state index contributed by atoms with van der Waals surface area (Å²) in [4.78, 5) is 6.20. The Morgan fingerprint density at radius 1 is 1.60 bits per heavy atom. The van der Waals surface area contributed by atoms with Gasteiger partial charge in [0.15, 0.2) is 0 Å². The molecule has 0 N–H and O–H groups in total. The molecule has 1 aromatic heterocycles. The van der Waals surface area contributed by atoms with Crippen molar-refractivity contribution in [1.29, 1.82) is 0 Å². The molecule has 0 saturated carbocycles. The molecule has 0 fully saturated rings. The minimum Gasteiger partial charge on any atom is -0.329 e. The maximum atomic E-state index is 4.12. The van der Waals surface area contributed by atoms with Crippen LogP contribution in [0.1, 0.15) is 0 Å². The van der Waals surface area contributed by atoms with Crippen LogP contribution in [0.15, 0.2) is 30.6 Å². The van der Waals surface area contributed by atoms with Gasteiger partial charge in [-0.1, -0.05) is 0 Å². The minimum atomic E-state index is 0.983. The SMILES string of the molecule is [c]1ccc(N2C=CC2)nc1. The fourth-order valence-electron chi connectivity index (χ4n) is 0.863. The smallest absolute Gasteiger partial charge is 0.132 e. The van der Waals surface area contributed by atoms with E-state index in [-0.39, 0.29) is 0 Å². The van der Waals surface area contributed by atoms with Crippen LogP contribution in [-0.2, 0) is 0 Å². The van der Waals surface area contributed by atoms with Gasteiger partial charge in [0.2, 0.25) is 0 Å². The number of pyridine rings is 1. The van der Waals surface area contributed by atoms with Gasteiger partial charge in [-0.05, 0) is 18.2 Å². The van der Waals surface area contributed by atoms with Crippen molar-refractivity contribution in [1.82, 2.24) is 4.98 Å². The van der Waals surface area contributed by atoms with Crippen LogP contribution in [-0.4, -0.2) is 11.5 Å². The molecule has 2 heteroatoms. The number of hydrogen-bond donors (Lipinski definition) is 0. The molecule has 10 heavy (non-hydrogen) atoms. The van der Waals surface area contributed by atoms with Gasteiger partial charge in [-0.15, -0.1) is 0 Å². The summed E-state index contributed by atoms with van der Waals surface area (Å²) in [5.74, 6) is 1.00. The van der Waals surface area contributed by atoms with Crippen molar-refractivity contribution >= 4 is 5.82 Å². The van der Waals surface area contributed by atoms with Crippen molar-refractivity contribution in [3.05, 3.63) is 36.7 Å².